The number of nitrogen functional groups attached to an aromatic ring is 1. The maximum absolute atomic E-state index is 5.83. The zero-order valence-electron chi connectivity index (χ0n) is 10.6. The van der Waals surface area contributed by atoms with Gasteiger partial charge in [-0.15, -0.1) is 0 Å². The third-order valence-corrected chi connectivity index (χ3v) is 3.25. The van der Waals surface area contributed by atoms with Crippen LogP contribution in [-0.2, 0) is 11.3 Å². The Bertz CT molecular complexity index is 373. The number of piperazine rings is 1. The lowest BCUT2D eigenvalue weighted by Gasteiger charge is -2.35. The minimum Gasteiger partial charge on any atom is -0.399 e. The average molecular weight is 235 g/mol. The van der Waals surface area contributed by atoms with Gasteiger partial charge in [-0.25, -0.2) is 0 Å². The van der Waals surface area contributed by atoms with Gasteiger partial charge in [0.25, 0.3) is 0 Å². The van der Waals surface area contributed by atoms with Gasteiger partial charge in [-0.2, -0.15) is 0 Å². The van der Waals surface area contributed by atoms with E-state index < -0.39 is 0 Å². The predicted octanol–water partition coefficient (Wildman–Crippen LogP) is 1.17. The van der Waals surface area contributed by atoms with Gasteiger partial charge in [-0.1, -0.05) is 0 Å². The number of anilines is 2. The number of methoxy groups -OCH3 is 1. The van der Waals surface area contributed by atoms with Crippen LogP contribution in [0.5, 0.6) is 0 Å². The molecule has 1 aromatic carbocycles. The van der Waals surface area contributed by atoms with Crippen LogP contribution in [0.3, 0.4) is 0 Å². The van der Waals surface area contributed by atoms with Gasteiger partial charge >= 0.3 is 0 Å². The van der Waals surface area contributed by atoms with E-state index in [1.54, 1.807) is 7.11 Å². The molecule has 0 saturated carbocycles. The minimum atomic E-state index is 0.618. The van der Waals surface area contributed by atoms with Crippen LogP contribution < -0.4 is 10.6 Å². The highest BCUT2D eigenvalue weighted by atomic mass is 16.5. The van der Waals surface area contributed by atoms with Gasteiger partial charge in [-0.05, 0) is 25.2 Å². The van der Waals surface area contributed by atoms with Crippen LogP contribution in [0, 0.1) is 0 Å². The van der Waals surface area contributed by atoms with Crippen molar-refractivity contribution in [2.75, 3.05) is 51.0 Å². The Morgan fingerprint density at radius 1 is 1.24 bits per heavy atom. The van der Waals surface area contributed by atoms with E-state index >= 15 is 0 Å². The van der Waals surface area contributed by atoms with Crippen molar-refractivity contribution in [3.05, 3.63) is 23.8 Å². The lowest BCUT2D eigenvalue weighted by molar-refractivity contribution is 0.185. The maximum Gasteiger partial charge on any atom is 0.0734 e. The molecule has 0 radical (unpaired) electrons. The lowest BCUT2D eigenvalue weighted by atomic mass is 10.1. The lowest BCUT2D eigenvalue weighted by Crippen LogP contribution is -2.44. The average Bonchev–Trinajstić information content (AvgIpc) is 2.31. The Morgan fingerprint density at radius 2 is 1.94 bits per heavy atom. The summed E-state index contributed by atoms with van der Waals surface area (Å²) in [7, 11) is 3.88. The molecule has 1 fully saturated rings. The summed E-state index contributed by atoms with van der Waals surface area (Å²) in [6, 6.07) is 6.08. The van der Waals surface area contributed by atoms with Crippen LogP contribution >= 0.6 is 0 Å². The second kappa shape index (κ2) is 5.38. The molecule has 0 aromatic heterocycles. The molecule has 0 bridgehead atoms. The number of likely N-dealkylation sites (N-methyl/N-ethyl adjacent to an activating group) is 1. The molecule has 0 amide bonds. The van der Waals surface area contributed by atoms with Crippen LogP contribution in [0.1, 0.15) is 5.56 Å². The van der Waals surface area contributed by atoms with Crippen molar-refractivity contribution >= 4 is 11.4 Å². The highest BCUT2D eigenvalue weighted by Gasteiger charge is 2.16. The molecule has 2 rings (SSSR count). The molecule has 94 valence electrons. The monoisotopic (exact) mass is 235 g/mol. The second-order valence-electron chi connectivity index (χ2n) is 4.61. The molecule has 0 aliphatic carbocycles. The van der Waals surface area contributed by atoms with Gasteiger partial charge in [-0.3, -0.25) is 0 Å². The van der Waals surface area contributed by atoms with Crippen molar-refractivity contribution in [1.82, 2.24) is 4.90 Å². The van der Waals surface area contributed by atoms with Crippen molar-refractivity contribution < 1.29 is 4.74 Å². The fraction of sp³-hybridized carbons (Fsp3) is 0.538. The molecule has 1 saturated heterocycles. The summed E-state index contributed by atoms with van der Waals surface area (Å²) < 4.78 is 5.24. The number of rotatable bonds is 3. The van der Waals surface area contributed by atoms with Gasteiger partial charge in [0.15, 0.2) is 0 Å². The summed E-state index contributed by atoms with van der Waals surface area (Å²) in [4.78, 5) is 4.76. The molecule has 0 spiro atoms. The van der Waals surface area contributed by atoms with Gasteiger partial charge in [0.1, 0.15) is 0 Å². The first-order valence-corrected chi connectivity index (χ1v) is 6.01. The third kappa shape index (κ3) is 2.90. The number of ether oxygens (including phenoxy) is 1. The van der Waals surface area contributed by atoms with Gasteiger partial charge in [0.2, 0.25) is 0 Å². The summed E-state index contributed by atoms with van der Waals surface area (Å²) in [5.74, 6) is 0. The van der Waals surface area contributed by atoms with Crippen LogP contribution in [0.2, 0.25) is 0 Å². The number of nitrogens with zero attached hydrogens (tertiary/aromatic N) is 2. The van der Waals surface area contributed by atoms with E-state index in [2.05, 4.69) is 22.9 Å². The number of nitrogens with two attached hydrogens (primary N) is 1. The Morgan fingerprint density at radius 3 is 2.59 bits per heavy atom. The van der Waals surface area contributed by atoms with Crippen molar-refractivity contribution in [1.29, 1.82) is 0 Å². The Balaban J connectivity index is 2.18. The zero-order valence-corrected chi connectivity index (χ0v) is 10.6. The van der Waals surface area contributed by atoms with Crippen molar-refractivity contribution in [3.8, 4) is 0 Å². The number of benzene rings is 1. The summed E-state index contributed by atoms with van der Waals surface area (Å²) in [6.45, 7) is 4.97. The molecule has 0 atom stereocenters. The molecule has 1 heterocycles. The van der Waals surface area contributed by atoms with E-state index in [1.165, 1.54) is 11.3 Å². The first kappa shape index (κ1) is 12.2. The van der Waals surface area contributed by atoms with Crippen LogP contribution in [-0.4, -0.2) is 45.2 Å². The highest BCUT2D eigenvalue weighted by Crippen LogP contribution is 2.24. The fourth-order valence-electron chi connectivity index (χ4n) is 2.23. The largest absolute Gasteiger partial charge is 0.399 e. The van der Waals surface area contributed by atoms with Crippen LogP contribution in [0.25, 0.3) is 0 Å². The van der Waals surface area contributed by atoms with E-state index in [0.29, 0.717) is 6.61 Å². The quantitative estimate of drug-likeness (QED) is 0.799. The summed E-state index contributed by atoms with van der Waals surface area (Å²) in [5.41, 5.74) is 9.06. The smallest absolute Gasteiger partial charge is 0.0734 e. The topological polar surface area (TPSA) is 41.7 Å². The highest BCUT2D eigenvalue weighted by molar-refractivity contribution is 5.59. The molecular formula is C13H21N3O. The first-order valence-electron chi connectivity index (χ1n) is 6.01. The van der Waals surface area contributed by atoms with E-state index in [1.807, 2.05) is 12.1 Å². The van der Waals surface area contributed by atoms with E-state index in [9.17, 15) is 0 Å². The van der Waals surface area contributed by atoms with Crippen LogP contribution in [0.4, 0.5) is 11.4 Å². The molecular weight excluding hydrogens is 214 g/mol. The van der Waals surface area contributed by atoms with Crippen molar-refractivity contribution in [2.24, 2.45) is 0 Å². The Hall–Kier alpha value is -1.26. The third-order valence-electron chi connectivity index (χ3n) is 3.25. The minimum absolute atomic E-state index is 0.618. The van der Waals surface area contributed by atoms with Crippen LogP contribution in [0.15, 0.2) is 18.2 Å². The standard InChI is InChI=1S/C13H21N3O/c1-15-5-7-16(8-6-15)13-4-3-12(14)9-11(13)10-17-2/h3-4,9H,5-8,10,14H2,1-2H3. The van der Waals surface area contributed by atoms with E-state index in [4.69, 9.17) is 10.5 Å². The Labute approximate surface area is 103 Å². The van der Waals surface area contributed by atoms with E-state index in [-0.39, 0.29) is 0 Å². The fourth-order valence-corrected chi connectivity index (χ4v) is 2.23. The molecule has 17 heavy (non-hydrogen) atoms. The van der Waals surface area contributed by atoms with E-state index in [0.717, 1.165) is 31.9 Å². The molecule has 1 aromatic rings. The number of hydrogen-bond acceptors (Lipinski definition) is 4. The summed E-state index contributed by atoms with van der Waals surface area (Å²) >= 11 is 0. The maximum atomic E-state index is 5.83. The number of hydrogen-bond donors (Lipinski definition) is 1. The summed E-state index contributed by atoms with van der Waals surface area (Å²) in [5, 5.41) is 0. The SMILES string of the molecule is COCc1cc(N)ccc1N1CCN(C)CC1. The molecule has 4 nitrogen and oxygen atoms in total. The molecule has 2 N–H and O–H groups in total. The predicted molar refractivity (Wildman–Crippen MR) is 71.3 cm³/mol. The molecule has 1 aliphatic rings. The molecule has 1 aliphatic heterocycles. The van der Waals surface area contributed by atoms with Gasteiger partial charge in [0, 0.05) is 50.2 Å². The molecule has 0 unspecified atom stereocenters. The normalized spacial score (nSPS) is 17.4. The molecule has 4 heteroatoms. The van der Waals surface area contributed by atoms with Gasteiger partial charge < -0.3 is 20.3 Å². The first-order chi connectivity index (χ1) is 8.20. The second-order valence-corrected chi connectivity index (χ2v) is 4.61. The van der Waals surface area contributed by atoms with Gasteiger partial charge in [0.05, 0.1) is 6.61 Å². The zero-order chi connectivity index (χ0) is 12.3. The van der Waals surface area contributed by atoms with Crippen molar-refractivity contribution in [2.45, 2.75) is 6.61 Å². The van der Waals surface area contributed by atoms with Crippen molar-refractivity contribution in [3.63, 3.8) is 0 Å². The Kier molecular flexibility index (Phi) is 3.86. The summed E-state index contributed by atoms with van der Waals surface area (Å²) in [6.07, 6.45) is 0.